The molecule has 1 unspecified atom stereocenters. The van der Waals surface area contributed by atoms with Gasteiger partial charge in [-0.3, -0.25) is 0 Å². The third kappa shape index (κ3) is 4.51. The minimum absolute atomic E-state index is 0.186. The van der Waals surface area contributed by atoms with E-state index in [2.05, 4.69) is 106 Å². The lowest BCUT2D eigenvalue weighted by Gasteiger charge is -2.19. The molecule has 0 aliphatic heterocycles. The first kappa shape index (κ1) is 29.3. The summed E-state index contributed by atoms with van der Waals surface area (Å²) in [5, 5.41) is 32.4. The molecule has 5 nitrogen and oxygen atoms in total. The number of allylic oxidation sites excluding steroid dienone is 2. The fourth-order valence-electron chi connectivity index (χ4n) is 7.89. The van der Waals surface area contributed by atoms with Gasteiger partial charge in [0, 0.05) is 44.5 Å². The number of nitriles is 3. The van der Waals surface area contributed by atoms with E-state index in [0.29, 0.717) is 17.5 Å². The smallest absolute Gasteiger partial charge is 0.0998 e. The molecule has 7 aromatic rings. The molecular formula is C45H29N5. The van der Waals surface area contributed by atoms with Crippen LogP contribution in [0.4, 0.5) is 0 Å². The minimum atomic E-state index is -0.186. The lowest BCUT2D eigenvalue weighted by Crippen LogP contribution is -2.07. The van der Waals surface area contributed by atoms with Crippen LogP contribution in [0.15, 0.2) is 121 Å². The summed E-state index contributed by atoms with van der Waals surface area (Å²) in [5.74, 6) is -0.186. The van der Waals surface area contributed by atoms with E-state index < -0.39 is 0 Å². The van der Waals surface area contributed by atoms with Gasteiger partial charge in [-0.1, -0.05) is 72.8 Å². The van der Waals surface area contributed by atoms with Gasteiger partial charge in [-0.05, 0) is 96.6 Å². The molecule has 2 aliphatic carbocycles. The fourth-order valence-corrected chi connectivity index (χ4v) is 7.89. The fraction of sp³-hybridized carbons (Fsp3) is 0.0889. The summed E-state index contributed by atoms with van der Waals surface area (Å²) in [6.07, 6.45) is 11.2. The molecular weight excluding hydrogens is 611 g/mol. The van der Waals surface area contributed by atoms with Gasteiger partial charge in [-0.25, -0.2) is 0 Å². The molecule has 0 bridgehead atoms. The van der Waals surface area contributed by atoms with Crippen molar-refractivity contribution in [2.24, 2.45) is 5.92 Å². The molecule has 0 amide bonds. The highest BCUT2D eigenvalue weighted by Gasteiger charge is 2.25. The van der Waals surface area contributed by atoms with Gasteiger partial charge in [0.1, 0.15) is 0 Å². The summed E-state index contributed by atoms with van der Waals surface area (Å²) < 4.78 is 4.60. The van der Waals surface area contributed by atoms with Crippen LogP contribution in [0.2, 0.25) is 0 Å². The van der Waals surface area contributed by atoms with Crippen molar-refractivity contribution in [1.29, 1.82) is 15.8 Å². The summed E-state index contributed by atoms with van der Waals surface area (Å²) in [4.78, 5) is 0. The first-order valence-corrected chi connectivity index (χ1v) is 16.9. The Bertz CT molecular complexity index is 2710. The van der Waals surface area contributed by atoms with Crippen molar-refractivity contribution >= 4 is 34.0 Å². The van der Waals surface area contributed by atoms with Gasteiger partial charge in [0.15, 0.2) is 0 Å². The molecule has 50 heavy (non-hydrogen) atoms. The zero-order chi connectivity index (χ0) is 33.8. The molecule has 0 spiro atoms. The minimum Gasteiger partial charge on any atom is -0.313 e. The van der Waals surface area contributed by atoms with Crippen molar-refractivity contribution in [3.8, 4) is 51.8 Å². The van der Waals surface area contributed by atoms with Crippen LogP contribution >= 0.6 is 0 Å². The van der Waals surface area contributed by atoms with Crippen molar-refractivity contribution in [3.05, 3.63) is 155 Å². The topological polar surface area (TPSA) is 81.2 Å². The molecule has 5 aromatic carbocycles. The number of hydrogen-bond acceptors (Lipinski definition) is 3. The lowest BCUT2D eigenvalue weighted by molar-refractivity contribution is 0.809. The molecule has 0 radical (unpaired) electrons. The number of hydrogen-bond donors (Lipinski definition) is 0. The average Bonchev–Trinajstić information content (AvgIpc) is 3.70. The summed E-state index contributed by atoms with van der Waals surface area (Å²) in [6, 6.07) is 44.3. The number of para-hydroxylation sites is 2. The normalized spacial score (nSPS) is 14.5. The maximum absolute atomic E-state index is 10.4. The number of rotatable bonds is 4. The van der Waals surface area contributed by atoms with Gasteiger partial charge in [0.2, 0.25) is 0 Å². The van der Waals surface area contributed by atoms with E-state index in [1.807, 2.05) is 54.6 Å². The SMILES string of the molecule is N#Cc1ccc(-n2c3c(c4ccccc42)CC(C#N)C=C3)c(-c2cc(-c3ccc(-n4c5c(c6ccccc64)C=CCC5)cc3)ccc2C#N)c1. The number of nitrogens with zero attached hydrogens (tertiary/aromatic N) is 5. The van der Waals surface area contributed by atoms with Crippen LogP contribution in [-0.4, -0.2) is 9.13 Å². The van der Waals surface area contributed by atoms with E-state index in [1.54, 1.807) is 0 Å². The Hall–Kier alpha value is -6.87. The van der Waals surface area contributed by atoms with E-state index in [0.717, 1.165) is 68.6 Å². The standard InChI is InChI=1S/C45H29N5/c46-26-29-13-21-44-39(23-29)37-9-3-6-12-43(37)50(44)45-22-14-30(27-47)24-40(45)38-25-32(15-16-33(38)28-48)31-17-19-34(20-18-31)49-41-10-4-1-7-35(41)36-8-2-5-11-42(36)49/h1-4,6-10,12-22,24-25,29H,5,11,23H2. The Morgan fingerprint density at radius 3 is 2.20 bits per heavy atom. The van der Waals surface area contributed by atoms with Crippen LogP contribution in [0.25, 0.3) is 67.6 Å². The number of fused-ring (bicyclic) bond motifs is 6. The van der Waals surface area contributed by atoms with Crippen molar-refractivity contribution in [3.63, 3.8) is 0 Å². The maximum Gasteiger partial charge on any atom is 0.0998 e. The molecule has 2 aliphatic rings. The molecule has 0 saturated heterocycles. The Balaban J connectivity index is 1.19. The summed E-state index contributed by atoms with van der Waals surface area (Å²) in [6.45, 7) is 0. The van der Waals surface area contributed by atoms with Crippen LogP contribution in [0.3, 0.4) is 0 Å². The van der Waals surface area contributed by atoms with Gasteiger partial charge < -0.3 is 9.13 Å². The second kappa shape index (κ2) is 11.7. The van der Waals surface area contributed by atoms with Crippen LogP contribution < -0.4 is 0 Å². The first-order valence-electron chi connectivity index (χ1n) is 16.9. The number of benzene rings is 5. The number of aromatic nitrogens is 2. The third-order valence-corrected chi connectivity index (χ3v) is 10.2. The van der Waals surface area contributed by atoms with Gasteiger partial charge in [-0.15, -0.1) is 0 Å². The van der Waals surface area contributed by atoms with E-state index in [1.165, 1.54) is 22.2 Å². The third-order valence-electron chi connectivity index (χ3n) is 10.2. The van der Waals surface area contributed by atoms with E-state index in [9.17, 15) is 15.8 Å². The highest BCUT2D eigenvalue weighted by molar-refractivity contribution is 5.95. The van der Waals surface area contributed by atoms with Crippen molar-refractivity contribution < 1.29 is 0 Å². The molecule has 5 heteroatoms. The summed E-state index contributed by atoms with van der Waals surface area (Å²) >= 11 is 0. The Morgan fingerprint density at radius 1 is 0.660 bits per heavy atom. The quantitative estimate of drug-likeness (QED) is 0.192. The predicted molar refractivity (Wildman–Crippen MR) is 200 cm³/mol. The Labute approximate surface area is 290 Å². The lowest BCUT2D eigenvalue weighted by atomic mass is 9.92. The van der Waals surface area contributed by atoms with Crippen molar-refractivity contribution in [2.45, 2.75) is 19.3 Å². The molecule has 1 atom stereocenters. The van der Waals surface area contributed by atoms with Crippen LogP contribution in [0.1, 0.15) is 40.1 Å². The molecule has 9 rings (SSSR count). The predicted octanol–water partition coefficient (Wildman–Crippen LogP) is 10.3. The molecule has 234 valence electrons. The monoisotopic (exact) mass is 639 g/mol. The zero-order valence-electron chi connectivity index (χ0n) is 27.1. The van der Waals surface area contributed by atoms with Gasteiger partial charge in [0.05, 0.1) is 52.0 Å². The highest BCUT2D eigenvalue weighted by atomic mass is 15.0. The van der Waals surface area contributed by atoms with Crippen molar-refractivity contribution in [1.82, 2.24) is 9.13 Å². The molecule has 0 N–H and O–H groups in total. The Morgan fingerprint density at radius 2 is 1.42 bits per heavy atom. The van der Waals surface area contributed by atoms with E-state index in [-0.39, 0.29) is 5.92 Å². The second-order valence-corrected chi connectivity index (χ2v) is 12.9. The largest absolute Gasteiger partial charge is 0.313 e. The van der Waals surface area contributed by atoms with Gasteiger partial charge in [0.25, 0.3) is 0 Å². The summed E-state index contributed by atoms with van der Waals surface area (Å²) in [5.41, 5.74) is 13.7. The van der Waals surface area contributed by atoms with Crippen LogP contribution in [0.5, 0.6) is 0 Å². The molecule has 0 fully saturated rings. The van der Waals surface area contributed by atoms with Crippen LogP contribution in [0, 0.1) is 39.9 Å². The highest BCUT2D eigenvalue weighted by Crippen LogP contribution is 2.41. The molecule has 2 aromatic heterocycles. The van der Waals surface area contributed by atoms with Gasteiger partial charge in [-0.2, -0.15) is 15.8 Å². The average molecular weight is 640 g/mol. The maximum atomic E-state index is 10.4. The molecule has 0 saturated carbocycles. The summed E-state index contributed by atoms with van der Waals surface area (Å²) in [7, 11) is 0. The van der Waals surface area contributed by atoms with E-state index in [4.69, 9.17) is 0 Å². The second-order valence-electron chi connectivity index (χ2n) is 12.9. The van der Waals surface area contributed by atoms with Gasteiger partial charge >= 0.3 is 0 Å². The molecule has 2 heterocycles. The van der Waals surface area contributed by atoms with Crippen molar-refractivity contribution in [2.75, 3.05) is 0 Å². The van der Waals surface area contributed by atoms with E-state index >= 15 is 0 Å². The zero-order valence-corrected chi connectivity index (χ0v) is 27.1. The Kier molecular flexibility index (Phi) is 6.84. The van der Waals surface area contributed by atoms with Crippen LogP contribution in [-0.2, 0) is 12.8 Å². The first-order chi connectivity index (χ1) is 24.7.